The molecule has 4 nitrogen and oxygen atoms in total. The highest BCUT2D eigenvalue weighted by Gasteiger charge is 2.03. The summed E-state index contributed by atoms with van der Waals surface area (Å²) in [5.74, 6) is 0. The molecule has 2 aromatic heterocycles. The molecule has 0 saturated carbocycles. The van der Waals surface area contributed by atoms with Crippen LogP contribution in [0.25, 0.3) is 11.3 Å². The Bertz CT molecular complexity index is 748. The quantitative estimate of drug-likeness (QED) is 0.567. The summed E-state index contributed by atoms with van der Waals surface area (Å²) in [5.41, 5.74) is 7.32. The van der Waals surface area contributed by atoms with E-state index in [1.165, 1.54) is 16.9 Å². The lowest BCUT2D eigenvalue weighted by Crippen LogP contribution is -1.90. The number of nitrogens with one attached hydrogen (secondary N) is 1. The Kier molecular flexibility index (Phi) is 4.56. The molecule has 0 fully saturated rings. The van der Waals surface area contributed by atoms with E-state index in [0.717, 1.165) is 28.4 Å². The summed E-state index contributed by atoms with van der Waals surface area (Å²) < 4.78 is 0. The van der Waals surface area contributed by atoms with Crippen LogP contribution in [0.1, 0.15) is 18.1 Å². The molecule has 0 bridgehead atoms. The summed E-state index contributed by atoms with van der Waals surface area (Å²) in [5, 5.41) is 6.98. The molecule has 0 spiro atoms. The average molecular weight is 308 g/mol. The number of pyridine rings is 1. The Balaban J connectivity index is 1.67. The lowest BCUT2D eigenvalue weighted by Gasteiger charge is -1.99. The van der Waals surface area contributed by atoms with Gasteiger partial charge in [-0.25, -0.2) is 4.98 Å². The van der Waals surface area contributed by atoms with Gasteiger partial charge in [-0.3, -0.25) is 10.4 Å². The lowest BCUT2D eigenvalue weighted by atomic mass is 10.1. The first kappa shape index (κ1) is 14.4. The molecule has 3 aromatic rings. The maximum absolute atomic E-state index is 4.55. The zero-order chi connectivity index (χ0) is 15.2. The molecule has 1 N–H and O–H groups in total. The topological polar surface area (TPSA) is 50.2 Å². The van der Waals surface area contributed by atoms with Crippen molar-refractivity contribution in [1.82, 2.24) is 9.97 Å². The number of hydrazone groups is 1. The van der Waals surface area contributed by atoms with E-state index in [9.17, 15) is 0 Å². The van der Waals surface area contributed by atoms with Gasteiger partial charge in [0.1, 0.15) is 0 Å². The van der Waals surface area contributed by atoms with E-state index in [1.54, 1.807) is 18.6 Å². The van der Waals surface area contributed by atoms with Crippen molar-refractivity contribution in [2.24, 2.45) is 5.10 Å². The van der Waals surface area contributed by atoms with Gasteiger partial charge in [-0.05, 0) is 18.1 Å². The van der Waals surface area contributed by atoms with Crippen LogP contribution >= 0.6 is 11.3 Å². The predicted molar refractivity (Wildman–Crippen MR) is 92.4 cm³/mol. The van der Waals surface area contributed by atoms with Crippen LogP contribution in [0.3, 0.4) is 0 Å². The van der Waals surface area contributed by atoms with Gasteiger partial charge in [0.15, 0.2) is 0 Å². The lowest BCUT2D eigenvalue weighted by molar-refractivity contribution is 1.14. The Labute approximate surface area is 133 Å². The first-order chi connectivity index (χ1) is 10.8. The van der Waals surface area contributed by atoms with Gasteiger partial charge in [-0.2, -0.15) is 5.10 Å². The maximum atomic E-state index is 4.55. The Morgan fingerprint density at radius 3 is 2.82 bits per heavy atom. The van der Waals surface area contributed by atoms with E-state index in [0.29, 0.717) is 0 Å². The second kappa shape index (κ2) is 6.95. The number of aryl methyl sites for hydroxylation is 1. The third kappa shape index (κ3) is 3.56. The fraction of sp³-hybridized carbons (Fsp3) is 0.118. The molecule has 0 saturated heterocycles. The Morgan fingerprint density at radius 2 is 2.09 bits per heavy atom. The standard InChI is InChI=1S/C17H16N4S/c1-2-13-5-7-15(8-6-13)16-12-22-17(20-16)21-19-11-14-4-3-9-18-10-14/h3-12H,2H2,1H3,(H,20,21). The molecule has 1 aromatic carbocycles. The van der Waals surface area contributed by atoms with Gasteiger partial charge < -0.3 is 0 Å². The van der Waals surface area contributed by atoms with Gasteiger partial charge in [0.25, 0.3) is 0 Å². The molecule has 0 atom stereocenters. The second-order valence-corrected chi connectivity index (χ2v) is 5.60. The van der Waals surface area contributed by atoms with Crippen molar-refractivity contribution in [2.45, 2.75) is 13.3 Å². The SMILES string of the molecule is CCc1ccc(-c2csc(NN=Cc3cccnc3)n2)cc1. The van der Waals surface area contributed by atoms with Crippen molar-refractivity contribution in [3.8, 4) is 11.3 Å². The zero-order valence-electron chi connectivity index (χ0n) is 12.2. The number of anilines is 1. The van der Waals surface area contributed by atoms with Crippen LogP contribution in [0, 0.1) is 0 Å². The van der Waals surface area contributed by atoms with Crippen molar-refractivity contribution in [3.05, 3.63) is 65.3 Å². The highest BCUT2D eigenvalue weighted by Crippen LogP contribution is 2.25. The fourth-order valence-electron chi connectivity index (χ4n) is 1.98. The second-order valence-electron chi connectivity index (χ2n) is 4.74. The first-order valence-electron chi connectivity index (χ1n) is 7.09. The molecular weight excluding hydrogens is 292 g/mol. The minimum atomic E-state index is 0.773. The van der Waals surface area contributed by atoms with E-state index >= 15 is 0 Å². The average Bonchev–Trinajstić information content (AvgIpc) is 3.05. The highest BCUT2D eigenvalue weighted by molar-refractivity contribution is 7.14. The third-order valence-corrected chi connectivity index (χ3v) is 3.97. The molecular formula is C17H16N4S. The van der Waals surface area contributed by atoms with Gasteiger partial charge in [0.2, 0.25) is 5.13 Å². The summed E-state index contributed by atoms with van der Waals surface area (Å²) in [6.07, 6.45) is 6.27. The van der Waals surface area contributed by atoms with Crippen LogP contribution in [0.4, 0.5) is 5.13 Å². The normalized spacial score (nSPS) is 11.0. The summed E-state index contributed by atoms with van der Waals surface area (Å²) in [6.45, 7) is 2.15. The minimum absolute atomic E-state index is 0.773. The number of hydrogen-bond donors (Lipinski definition) is 1. The van der Waals surface area contributed by atoms with E-state index in [4.69, 9.17) is 0 Å². The molecule has 0 amide bonds. The number of nitrogens with zero attached hydrogens (tertiary/aromatic N) is 3. The molecule has 0 aliphatic rings. The fourth-order valence-corrected chi connectivity index (χ4v) is 2.65. The summed E-state index contributed by atoms with van der Waals surface area (Å²) >= 11 is 1.54. The van der Waals surface area contributed by atoms with Crippen molar-refractivity contribution >= 4 is 22.7 Å². The van der Waals surface area contributed by atoms with Crippen LogP contribution in [0.5, 0.6) is 0 Å². The van der Waals surface area contributed by atoms with Crippen LogP contribution in [0.2, 0.25) is 0 Å². The van der Waals surface area contributed by atoms with Gasteiger partial charge in [-0.15, -0.1) is 11.3 Å². The summed E-state index contributed by atoms with van der Waals surface area (Å²) in [7, 11) is 0. The summed E-state index contributed by atoms with van der Waals surface area (Å²) in [4.78, 5) is 8.58. The number of hydrogen-bond acceptors (Lipinski definition) is 5. The van der Waals surface area contributed by atoms with Crippen molar-refractivity contribution in [1.29, 1.82) is 0 Å². The third-order valence-electron chi connectivity index (χ3n) is 3.22. The molecule has 0 radical (unpaired) electrons. The predicted octanol–water partition coefficient (Wildman–Crippen LogP) is 4.21. The van der Waals surface area contributed by atoms with Gasteiger partial charge >= 0.3 is 0 Å². The zero-order valence-corrected chi connectivity index (χ0v) is 13.0. The van der Waals surface area contributed by atoms with Gasteiger partial charge in [0, 0.05) is 28.9 Å². The van der Waals surface area contributed by atoms with Crippen molar-refractivity contribution < 1.29 is 0 Å². The van der Waals surface area contributed by atoms with Gasteiger partial charge in [0.05, 0.1) is 11.9 Å². The first-order valence-corrected chi connectivity index (χ1v) is 7.97. The van der Waals surface area contributed by atoms with E-state index in [2.05, 4.69) is 51.7 Å². The maximum Gasteiger partial charge on any atom is 0.203 e. The van der Waals surface area contributed by atoms with Crippen molar-refractivity contribution in [2.75, 3.05) is 5.43 Å². The Morgan fingerprint density at radius 1 is 1.23 bits per heavy atom. The molecule has 3 rings (SSSR count). The van der Waals surface area contributed by atoms with E-state index in [1.807, 2.05) is 17.5 Å². The van der Waals surface area contributed by atoms with E-state index in [-0.39, 0.29) is 0 Å². The molecule has 0 aliphatic carbocycles. The molecule has 0 aliphatic heterocycles. The monoisotopic (exact) mass is 308 g/mol. The molecule has 22 heavy (non-hydrogen) atoms. The number of aromatic nitrogens is 2. The number of thiazole rings is 1. The highest BCUT2D eigenvalue weighted by atomic mass is 32.1. The molecule has 110 valence electrons. The van der Waals surface area contributed by atoms with Crippen LogP contribution < -0.4 is 5.43 Å². The molecule has 0 unspecified atom stereocenters. The molecule has 5 heteroatoms. The largest absolute Gasteiger partial charge is 0.264 e. The summed E-state index contributed by atoms with van der Waals surface area (Å²) in [6, 6.07) is 12.3. The van der Waals surface area contributed by atoms with Crippen LogP contribution in [-0.4, -0.2) is 16.2 Å². The van der Waals surface area contributed by atoms with Crippen LogP contribution in [-0.2, 0) is 6.42 Å². The molecule has 2 heterocycles. The van der Waals surface area contributed by atoms with E-state index < -0.39 is 0 Å². The van der Waals surface area contributed by atoms with Gasteiger partial charge in [-0.1, -0.05) is 37.3 Å². The number of benzene rings is 1. The smallest absolute Gasteiger partial charge is 0.203 e. The van der Waals surface area contributed by atoms with Crippen LogP contribution in [0.15, 0.2) is 59.3 Å². The Hall–Kier alpha value is -2.53. The number of rotatable bonds is 5. The van der Waals surface area contributed by atoms with Crippen molar-refractivity contribution in [3.63, 3.8) is 0 Å². The minimum Gasteiger partial charge on any atom is -0.264 e.